The van der Waals surface area contributed by atoms with Crippen LogP contribution in [0.4, 0.5) is 0 Å². The fourth-order valence-electron chi connectivity index (χ4n) is 5.54. The van der Waals surface area contributed by atoms with E-state index in [9.17, 15) is 0 Å². The van der Waals surface area contributed by atoms with Crippen LogP contribution in [0.5, 0.6) is 0 Å². The van der Waals surface area contributed by atoms with Crippen LogP contribution in [0.25, 0.3) is 55.8 Å². The Labute approximate surface area is 208 Å². The molecule has 0 amide bonds. The maximum Gasteiger partial charge on any atom is 0.212 e. The van der Waals surface area contributed by atoms with Crippen LogP contribution in [0.2, 0.25) is 0 Å². The van der Waals surface area contributed by atoms with Gasteiger partial charge in [0, 0.05) is 17.2 Å². The molecular weight excluding hydrogens is 422 g/mol. The zero-order valence-corrected chi connectivity index (χ0v) is 20.8. The normalized spacial score (nSPS) is 11.7. The summed E-state index contributed by atoms with van der Waals surface area (Å²) in [7, 11) is 2.16. The molecule has 0 atom stereocenters. The van der Waals surface area contributed by atoms with Crippen LogP contribution >= 0.6 is 0 Å². The molecule has 5 aromatic rings. The highest BCUT2D eigenvalue weighted by atomic mass is 14.9. The van der Waals surface area contributed by atoms with Crippen LogP contribution in [-0.4, -0.2) is 0 Å². The largest absolute Gasteiger partial charge is 0.212 e. The van der Waals surface area contributed by atoms with Gasteiger partial charge in [-0.05, 0) is 81.1 Å². The first kappa shape index (κ1) is 21.6. The second kappa shape index (κ2) is 8.36. The lowest BCUT2D eigenvalue weighted by Crippen LogP contribution is -2.31. The first-order valence-corrected chi connectivity index (χ1v) is 12.5. The SMILES string of the molecule is Cc1cc2c(cc1-c1ccc(C(C)C)c[n+]1C)-c1ccccc1-c1ccccc1-c1ccccc1-2. The standard InChI is InChI=1S/C34H30N/c1-22(2)24-17-18-34(35(4)21-24)31-20-33-30-16-10-8-14-28(30)26-12-6-5-11-25(26)27-13-7-9-15-29(27)32(33)19-23(31)3/h5-22H,1-4H3/q+1. The van der Waals surface area contributed by atoms with Crippen molar-refractivity contribution in [2.75, 3.05) is 0 Å². The monoisotopic (exact) mass is 452 g/mol. The lowest BCUT2D eigenvalue weighted by Gasteiger charge is -2.24. The van der Waals surface area contributed by atoms with E-state index in [1.165, 1.54) is 66.9 Å². The van der Waals surface area contributed by atoms with Crippen LogP contribution in [0.1, 0.15) is 30.9 Å². The zero-order valence-electron chi connectivity index (χ0n) is 20.8. The van der Waals surface area contributed by atoms with E-state index in [1.807, 2.05) is 0 Å². The van der Waals surface area contributed by atoms with Gasteiger partial charge < -0.3 is 0 Å². The van der Waals surface area contributed by atoms with Crippen molar-refractivity contribution in [2.45, 2.75) is 26.7 Å². The molecular formula is C34H30N+. The third-order valence-electron chi connectivity index (χ3n) is 7.41. The molecule has 1 aromatic heterocycles. The molecule has 0 fully saturated rings. The van der Waals surface area contributed by atoms with Crippen molar-refractivity contribution >= 4 is 0 Å². The summed E-state index contributed by atoms with van der Waals surface area (Å²) in [6.07, 6.45) is 2.27. The highest BCUT2D eigenvalue weighted by Crippen LogP contribution is 2.48. The summed E-state index contributed by atoms with van der Waals surface area (Å²) in [4.78, 5) is 0. The Kier molecular flexibility index (Phi) is 5.15. The van der Waals surface area contributed by atoms with Gasteiger partial charge in [-0.15, -0.1) is 0 Å². The smallest absolute Gasteiger partial charge is 0.201 e. The van der Waals surface area contributed by atoms with E-state index in [-0.39, 0.29) is 0 Å². The molecule has 0 aliphatic heterocycles. The first-order valence-electron chi connectivity index (χ1n) is 12.5. The van der Waals surface area contributed by atoms with Gasteiger partial charge in [-0.25, -0.2) is 4.57 Å². The molecule has 0 N–H and O–H groups in total. The Bertz CT molecular complexity index is 1590. The zero-order chi connectivity index (χ0) is 24.1. The minimum absolute atomic E-state index is 0.510. The topological polar surface area (TPSA) is 3.88 Å². The molecule has 35 heavy (non-hydrogen) atoms. The van der Waals surface area contributed by atoms with Crippen molar-refractivity contribution in [2.24, 2.45) is 7.05 Å². The molecule has 1 heteroatoms. The molecule has 0 saturated carbocycles. The summed E-state index contributed by atoms with van der Waals surface area (Å²) in [5.41, 5.74) is 15.5. The Morgan fingerprint density at radius 3 is 1.37 bits per heavy atom. The van der Waals surface area contributed by atoms with Crippen molar-refractivity contribution in [3.8, 4) is 55.8 Å². The molecule has 0 unspecified atom stereocenters. The lowest BCUT2D eigenvalue weighted by atomic mass is 9.79. The number of benzene rings is 4. The predicted octanol–water partition coefficient (Wildman–Crippen LogP) is 8.59. The maximum absolute atomic E-state index is 2.42. The minimum Gasteiger partial charge on any atom is -0.201 e. The van der Waals surface area contributed by atoms with Gasteiger partial charge in [0.1, 0.15) is 7.05 Å². The quantitative estimate of drug-likeness (QED) is 0.232. The third kappa shape index (κ3) is 3.51. The van der Waals surface area contributed by atoms with Crippen LogP contribution in [0.15, 0.2) is 103 Å². The van der Waals surface area contributed by atoms with E-state index >= 15 is 0 Å². The number of pyridine rings is 1. The minimum atomic E-state index is 0.510. The van der Waals surface area contributed by atoms with Crippen molar-refractivity contribution in [1.82, 2.24) is 0 Å². The summed E-state index contributed by atoms with van der Waals surface area (Å²) in [6.45, 7) is 6.74. The van der Waals surface area contributed by atoms with Gasteiger partial charge in [-0.2, -0.15) is 0 Å². The Morgan fingerprint density at radius 1 is 0.514 bits per heavy atom. The second-order valence-corrected chi connectivity index (χ2v) is 9.96. The average molecular weight is 453 g/mol. The Hall–Kier alpha value is -3.97. The number of nitrogens with zero attached hydrogens (tertiary/aromatic N) is 1. The first-order chi connectivity index (χ1) is 17.0. The average Bonchev–Trinajstić information content (AvgIpc) is 2.88. The van der Waals surface area contributed by atoms with E-state index in [1.54, 1.807) is 0 Å². The predicted molar refractivity (Wildman–Crippen MR) is 147 cm³/mol. The molecule has 0 spiro atoms. The van der Waals surface area contributed by atoms with E-state index in [4.69, 9.17) is 0 Å². The van der Waals surface area contributed by atoms with E-state index < -0.39 is 0 Å². The van der Waals surface area contributed by atoms with Gasteiger partial charge in [0.25, 0.3) is 0 Å². The Morgan fingerprint density at radius 2 is 0.943 bits per heavy atom. The van der Waals surface area contributed by atoms with Crippen molar-refractivity contribution < 1.29 is 4.57 Å². The number of aryl methyl sites for hydroxylation is 2. The van der Waals surface area contributed by atoms with Gasteiger partial charge in [-0.3, -0.25) is 0 Å². The maximum atomic E-state index is 2.42. The third-order valence-corrected chi connectivity index (χ3v) is 7.41. The fourth-order valence-corrected chi connectivity index (χ4v) is 5.54. The van der Waals surface area contributed by atoms with Gasteiger partial charge in [0.2, 0.25) is 5.69 Å². The summed E-state index contributed by atoms with van der Waals surface area (Å²) in [5, 5.41) is 0. The van der Waals surface area contributed by atoms with Crippen LogP contribution in [0.3, 0.4) is 0 Å². The molecule has 170 valence electrons. The molecule has 0 radical (unpaired) electrons. The summed E-state index contributed by atoms with van der Waals surface area (Å²) in [6, 6.07) is 35.9. The fraction of sp³-hybridized carbons (Fsp3) is 0.147. The summed E-state index contributed by atoms with van der Waals surface area (Å²) >= 11 is 0. The van der Waals surface area contributed by atoms with E-state index in [2.05, 4.69) is 136 Å². The second-order valence-electron chi connectivity index (χ2n) is 9.96. The highest BCUT2D eigenvalue weighted by Gasteiger charge is 2.24. The molecule has 1 aliphatic carbocycles. The Balaban J connectivity index is 1.69. The number of fused-ring (bicyclic) bond motifs is 8. The van der Waals surface area contributed by atoms with Crippen LogP contribution in [-0.2, 0) is 7.05 Å². The summed E-state index contributed by atoms with van der Waals surface area (Å²) in [5.74, 6) is 0.510. The molecule has 0 bridgehead atoms. The highest BCUT2D eigenvalue weighted by molar-refractivity contribution is 6.03. The lowest BCUT2D eigenvalue weighted by molar-refractivity contribution is -0.660. The van der Waals surface area contributed by atoms with E-state index in [0.717, 1.165) is 0 Å². The number of hydrogen-bond acceptors (Lipinski definition) is 0. The van der Waals surface area contributed by atoms with Crippen molar-refractivity contribution in [1.29, 1.82) is 0 Å². The molecule has 1 nitrogen and oxygen atoms in total. The molecule has 4 aromatic carbocycles. The van der Waals surface area contributed by atoms with E-state index in [0.29, 0.717) is 5.92 Å². The van der Waals surface area contributed by atoms with Gasteiger partial charge in [0.15, 0.2) is 6.20 Å². The van der Waals surface area contributed by atoms with Crippen LogP contribution in [0, 0.1) is 6.92 Å². The molecule has 1 heterocycles. The molecule has 6 rings (SSSR count). The van der Waals surface area contributed by atoms with Gasteiger partial charge >= 0.3 is 0 Å². The van der Waals surface area contributed by atoms with Gasteiger partial charge in [-0.1, -0.05) is 86.6 Å². The molecule has 0 saturated heterocycles. The van der Waals surface area contributed by atoms with Crippen molar-refractivity contribution in [3.05, 3.63) is 114 Å². The van der Waals surface area contributed by atoms with Crippen LogP contribution < -0.4 is 4.57 Å². The number of aromatic nitrogens is 1. The number of hydrogen-bond donors (Lipinski definition) is 0. The number of rotatable bonds is 2. The van der Waals surface area contributed by atoms with Crippen molar-refractivity contribution in [3.63, 3.8) is 0 Å². The summed E-state index contributed by atoms with van der Waals surface area (Å²) < 4.78 is 2.28. The van der Waals surface area contributed by atoms with Gasteiger partial charge in [0.05, 0.1) is 0 Å². The molecule has 1 aliphatic rings.